The zero-order valence-electron chi connectivity index (χ0n) is 5.58. The Kier molecular flexibility index (Phi) is 2.86. The van der Waals surface area contributed by atoms with Crippen LogP contribution in [0.4, 0.5) is 13.2 Å². The molecule has 0 saturated carbocycles. The molecule has 0 amide bonds. The monoisotopic (exact) mass is 274 g/mol. The Morgan fingerprint density at radius 1 is 1.55 bits per heavy atom. The molecule has 1 atom stereocenters. The molecule has 0 spiro atoms. The molecule has 0 saturated heterocycles. The summed E-state index contributed by atoms with van der Waals surface area (Å²) >= 11 is -0.697. The van der Waals surface area contributed by atoms with Gasteiger partial charge in [0.25, 0.3) is 0 Å². The third kappa shape index (κ3) is 1.91. The van der Waals surface area contributed by atoms with Gasteiger partial charge < -0.3 is 0 Å². The van der Waals surface area contributed by atoms with Crippen LogP contribution in [0.25, 0.3) is 0 Å². The zero-order valence-corrected chi connectivity index (χ0v) is 7.74. The van der Waals surface area contributed by atoms with E-state index >= 15 is 0 Å². The highest BCUT2D eigenvalue weighted by Crippen LogP contribution is 2.33. The number of rotatable bonds is 1. The molecule has 0 aromatic heterocycles. The minimum absolute atomic E-state index is 0.148. The van der Waals surface area contributed by atoms with Gasteiger partial charge in [0.15, 0.2) is 6.17 Å². The van der Waals surface area contributed by atoms with Crippen LogP contribution >= 0.6 is 20.7 Å². The minimum atomic E-state index is -1.65. The molecule has 0 heterocycles. The van der Waals surface area contributed by atoms with Crippen molar-refractivity contribution in [1.29, 1.82) is 0 Å². The molecule has 0 aromatic rings. The van der Waals surface area contributed by atoms with Crippen LogP contribution in [0.1, 0.15) is 6.42 Å². The van der Waals surface area contributed by atoms with Gasteiger partial charge in [-0.25, -0.2) is 13.2 Å². The third-order valence-electron chi connectivity index (χ3n) is 1.34. The van der Waals surface area contributed by atoms with Crippen LogP contribution in [-0.4, -0.2) is 10.7 Å². The summed E-state index contributed by atoms with van der Waals surface area (Å²) < 4.78 is 41.4. The van der Waals surface area contributed by atoms with Crippen molar-refractivity contribution in [2.24, 2.45) is 0 Å². The summed E-state index contributed by atoms with van der Waals surface area (Å²) in [6.45, 7) is 0. The Morgan fingerprint density at radius 3 is 2.73 bits per heavy atom. The first-order valence-electron chi connectivity index (χ1n) is 2.93. The summed E-state index contributed by atoms with van der Waals surface area (Å²) in [6, 6.07) is 0. The molecule has 1 aliphatic carbocycles. The van der Waals surface area contributed by atoms with Gasteiger partial charge in [-0.2, -0.15) is 0 Å². The van der Waals surface area contributed by atoms with Gasteiger partial charge >= 0.3 is 0 Å². The van der Waals surface area contributed by atoms with Gasteiger partial charge in [-0.3, -0.25) is 0 Å². The van der Waals surface area contributed by atoms with Gasteiger partial charge in [-0.1, -0.05) is 25.2 Å². The molecule has 0 aliphatic heterocycles. The topological polar surface area (TPSA) is 0 Å². The smallest absolute Gasteiger partial charge is 0.156 e. The van der Waals surface area contributed by atoms with Gasteiger partial charge in [0.05, 0.1) is 0 Å². The first-order valence-corrected chi connectivity index (χ1v) is 5.53. The first-order chi connectivity index (χ1) is 5.15. The molecule has 0 aromatic carbocycles. The first kappa shape index (κ1) is 8.96. The number of alkyl halides is 1. The molecule has 1 aliphatic rings. The van der Waals surface area contributed by atoms with Crippen LogP contribution in [0, 0.1) is 0 Å². The molecule has 0 bridgehead atoms. The second-order valence-electron chi connectivity index (χ2n) is 2.09. The van der Waals surface area contributed by atoms with E-state index in [-0.39, 0.29) is 6.42 Å². The number of hydrogen-bond donors (Lipinski definition) is 0. The largest absolute Gasteiger partial charge is 0.239 e. The lowest BCUT2D eigenvalue weighted by Crippen LogP contribution is -2.05. The molecule has 1 rings (SSSR count). The van der Waals surface area contributed by atoms with E-state index in [1.165, 1.54) is 0 Å². The second-order valence-corrected chi connectivity index (χ2v) is 4.15. The fourth-order valence-corrected chi connectivity index (χ4v) is 1.98. The SMILES string of the molecule is C=IC1=C(F)C=C(F)C(F)C1. The lowest BCUT2D eigenvalue weighted by atomic mass is 10.1. The minimum Gasteiger partial charge on any atom is -0.239 e. The van der Waals surface area contributed by atoms with Gasteiger partial charge in [0, 0.05) is 16.1 Å². The molecule has 0 radical (unpaired) electrons. The molecular weight excluding hydrogens is 268 g/mol. The molecule has 0 nitrogen and oxygen atoms in total. The Labute approximate surface area is 72.5 Å². The highest BCUT2D eigenvalue weighted by molar-refractivity contribution is 14.2. The summed E-state index contributed by atoms with van der Waals surface area (Å²) in [5.41, 5.74) is 0. The van der Waals surface area contributed by atoms with Crippen LogP contribution in [0.5, 0.6) is 0 Å². The van der Waals surface area contributed by atoms with E-state index in [0.717, 1.165) is 0 Å². The normalized spacial score (nSPS) is 25.4. The van der Waals surface area contributed by atoms with E-state index < -0.39 is 38.6 Å². The Hall–Kier alpha value is -0.130. The molecule has 0 fully saturated rings. The number of halogens is 4. The van der Waals surface area contributed by atoms with Crippen molar-refractivity contribution in [2.75, 3.05) is 0 Å². The van der Waals surface area contributed by atoms with E-state index in [0.29, 0.717) is 9.66 Å². The maximum absolute atomic E-state index is 12.7. The molecule has 11 heavy (non-hydrogen) atoms. The maximum atomic E-state index is 12.7. The van der Waals surface area contributed by atoms with E-state index in [4.69, 9.17) is 0 Å². The summed E-state index contributed by atoms with van der Waals surface area (Å²) in [5, 5.41) is 0. The van der Waals surface area contributed by atoms with Crippen LogP contribution in [0.2, 0.25) is 0 Å². The Morgan fingerprint density at radius 2 is 2.18 bits per heavy atom. The highest BCUT2D eigenvalue weighted by Gasteiger charge is 2.21. The van der Waals surface area contributed by atoms with Crippen LogP contribution in [0.3, 0.4) is 0 Å². The van der Waals surface area contributed by atoms with E-state index in [1.54, 1.807) is 0 Å². The van der Waals surface area contributed by atoms with Crippen LogP contribution in [-0.2, 0) is 0 Å². The Balaban J connectivity index is 2.96. The number of allylic oxidation sites excluding steroid dienone is 4. The van der Waals surface area contributed by atoms with Crippen molar-refractivity contribution in [1.82, 2.24) is 0 Å². The zero-order chi connectivity index (χ0) is 8.43. The van der Waals surface area contributed by atoms with Crippen LogP contribution in [0.15, 0.2) is 21.3 Å². The molecular formula is C7H6F3I. The fourth-order valence-electron chi connectivity index (χ4n) is 0.761. The van der Waals surface area contributed by atoms with Gasteiger partial charge in [0.1, 0.15) is 11.7 Å². The summed E-state index contributed by atoms with van der Waals surface area (Å²) in [4.78, 5) is 0. The maximum Gasteiger partial charge on any atom is 0.156 e. The van der Waals surface area contributed by atoms with E-state index in [2.05, 4.69) is 4.51 Å². The fraction of sp³-hybridized carbons (Fsp3) is 0.286. The molecule has 62 valence electrons. The average Bonchev–Trinajstić information content (AvgIpc) is 1.97. The summed E-state index contributed by atoms with van der Waals surface area (Å²) in [7, 11) is 0. The summed E-state index contributed by atoms with van der Waals surface area (Å²) in [5.74, 6) is -1.64. The van der Waals surface area contributed by atoms with Crippen molar-refractivity contribution in [2.45, 2.75) is 12.6 Å². The summed E-state index contributed by atoms with van der Waals surface area (Å²) in [6.07, 6.45) is -1.18. The molecule has 4 heteroatoms. The van der Waals surface area contributed by atoms with Gasteiger partial charge in [-0.15, -0.1) is 0 Å². The lowest BCUT2D eigenvalue weighted by molar-refractivity contribution is 0.319. The lowest BCUT2D eigenvalue weighted by Gasteiger charge is -2.11. The average molecular weight is 274 g/mol. The second kappa shape index (κ2) is 3.51. The van der Waals surface area contributed by atoms with Crippen LogP contribution < -0.4 is 0 Å². The predicted octanol–water partition coefficient (Wildman–Crippen LogP) is 3.17. The van der Waals surface area contributed by atoms with E-state index in [9.17, 15) is 13.2 Å². The van der Waals surface area contributed by atoms with Crippen molar-refractivity contribution >= 4 is 25.2 Å². The van der Waals surface area contributed by atoms with Gasteiger partial charge in [-0.05, 0) is 0 Å². The number of hydrogen-bond acceptors (Lipinski definition) is 0. The third-order valence-corrected chi connectivity index (χ3v) is 3.22. The van der Waals surface area contributed by atoms with Crippen molar-refractivity contribution < 1.29 is 13.2 Å². The Bertz CT molecular complexity index is 242. The van der Waals surface area contributed by atoms with Crippen molar-refractivity contribution in [3.8, 4) is 0 Å². The predicted molar refractivity (Wildman–Crippen MR) is 48.0 cm³/mol. The van der Waals surface area contributed by atoms with Crippen molar-refractivity contribution in [3.05, 3.63) is 21.3 Å². The highest BCUT2D eigenvalue weighted by atomic mass is 127. The standard InChI is InChI=1S/C7H6F3I/c1-11-7-3-5(9)4(8)2-6(7)10/h2,5H,1,3H2. The quantitative estimate of drug-likeness (QED) is 0.644. The van der Waals surface area contributed by atoms with Gasteiger partial charge in [0.2, 0.25) is 0 Å². The van der Waals surface area contributed by atoms with E-state index in [1.807, 2.05) is 0 Å². The molecule has 0 N–H and O–H groups in total. The van der Waals surface area contributed by atoms with Crippen molar-refractivity contribution in [3.63, 3.8) is 0 Å². The molecule has 1 unspecified atom stereocenters.